The Morgan fingerprint density at radius 1 is 0.724 bits per heavy atom. The molecule has 29 heavy (non-hydrogen) atoms. The van der Waals surface area contributed by atoms with Gasteiger partial charge in [-0.15, -0.1) is 0 Å². The van der Waals surface area contributed by atoms with E-state index in [4.69, 9.17) is 5.21 Å². The molecule has 0 spiro atoms. The number of hydrogen-bond donors (Lipinski definition) is 1. The molecule has 2 aromatic rings. The van der Waals surface area contributed by atoms with Crippen LogP contribution >= 0.6 is 0 Å². The van der Waals surface area contributed by atoms with Crippen LogP contribution in [0.1, 0.15) is 23.0 Å². The van der Waals surface area contributed by atoms with Gasteiger partial charge in [-0.05, 0) is 23.3 Å². The zero-order valence-corrected chi connectivity index (χ0v) is 15.1. The fraction of sp³-hybridized carbons (Fsp3) is 0.182. The van der Waals surface area contributed by atoms with Crippen LogP contribution in [0.5, 0.6) is 0 Å². The summed E-state index contributed by atoms with van der Waals surface area (Å²) in [6, 6.07) is 22.3. The molecule has 0 saturated heterocycles. The van der Waals surface area contributed by atoms with Crippen LogP contribution in [0.3, 0.4) is 0 Å². The zero-order valence-electron chi connectivity index (χ0n) is 15.1. The van der Waals surface area contributed by atoms with Crippen molar-refractivity contribution in [3.8, 4) is 24.3 Å². The number of anilines is 1. The number of rotatable bonds is 3. The molecule has 140 valence electrons. The predicted octanol–water partition coefficient (Wildman–Crippen LogP) is 3.88. The SMILES string of the molecule is N#CC1(C#N)C(c2ccccc2)C=CC(c2ccc(N([O-])O)cc2)C1(C#N)C#N. The Bertz CT molecular complexity index is 1070. The van der Waals surface area contributed by atoms with Crippen molar-refractivity contribution < 1.29 is 5.21 Å². The van der Waals surface area contributed by atoms with Crippen molar-refractivity contribution in [1.29, 1.82) is 21.0 Å². The maximum absolute atomic E-state index is 11.0. The number of nitrogens with zero attached hydrogens (tertiary/aromatic N) is 5. The Kier molecular flexibility index (Phi) is 5.05. The summed E-state index contributed by atoms with van der Waals surface area (Å²) >= 11 is 0. The summed E-state index contributed by atoms with van der Waals surface area (Å²) < 4.78 is 0. The van der Waals surface area contributed by atoms with Gasteiger partial charge in [-0.1, -0.05) is 54.6 Å². The molecule has 1 aliphatic rings. The molecule has 0 saturated carbocycles. The van der Waals surface area contributed by atoms with E-state index in [1.54, 1.807) is 42.5 Å². The second-order valence-corrected chi connectivity index (χ2v) is 6.68. The molecule has 1 N–H and O–H groups in total. The molecule has 2 unspecified atom stereocenters. The van der Waals surface area contributed by atoms with E-state index in [2.05, 4.69) is 0 Å². The van der Waals surface area contributed by atoms with Gasteiger partial charge in [-0.25, -0.2) is 0 Å². The largest absolute Gasteiger partial charge is 0.733 e. The van der Waals surface area contributed by atoms with Gasteiger partial charge in [0.15, 0.2) is 10.8 Å². The van der Waals surface area contributed by atoms with Crippen molar-refractivity contribution in [2.75, 3.05) is 5.23 Å². The lowest BCUT2D eigenvalue weighted by molar-refractivity contribution is 0.231. The highest BCUT2D eigenvalue weighted by molar-refractivity contribution is 5.54. The maximum Gasteiger partial charge on any atom is 0.186 e. The number of hydrogen-bond acceptors (Lipinski definition) is 7. The van der Waals surface area contributed by atoms with Gasteiger partial charge in [0, 0.05) is 11.8 Å². The first-order chi connectivity index (χ1) is 14.0. The van der Waals surface area contributed by atoms with Crippen LogP contribution in [0.25, 0.3) is 0 Å². The Balaban J connectivity index is 2.25. The van der Waals surface area contributed by atoms with E-state index in [-0.39, 0.29) is 10.9 Å². The average Bonchev–Trinajstić information content (AvgIpc) is 2.78. The van der Waals surface area contributed by atoms with Crippen LogP contribution in [-0.4, -0.2) is 5.21 Å². The van der Waals surface area contributed by atoms with Crippen LogP contribution < -0.4 is 5.23 Å². The van der Waals surface area contributed by atoms with E-state index in [0.29, 0.717) is 11.1 Å². The molecule has 2 aromatic carbocycles. The molecular formula is C22H14N5O2-. The third-order valence-corrected chi connectivity index (χ3v) is 5.39. The molecule has 7 heteroatoms. The summed E-state index contributed by atoms with van der Waals surface area (Å²) in [4.78, 5) is 0. The molecular weight excluding hydrogens is 366 g/mol. The van der Waals surface area contributed by atoms with Gasteiger partial charge < -0.3 is 10.4 Å². The molecule has 0 fully saturated rings. The summed E-state index contributed by atoms with van der Waals surface area (Å²) in [5.41, 5.74) is -2.86. The molecule has 0 aliphatic heterocycles. The van der Waals surface area contributed by atoms with Crippen LogP contribution in [0.15, 0.2) is 66.7 Å². The molecule has 0 bridgehead atoms. The van der Waals surface area contributed by atoms with Crippen molar-refractivity contribution in [3.63, 3.8) is 0 Å². The Morgan fingerprint density at radius 2 is 1.14 bits per heavy atom. The monoisotopic (exact) mass is 380 g/mol. The molecule has 0 amide bonds. The predicted molar refractivity (Wildman–Crippen MR) is 102 cm³/mol. The summed E-state index contributed by atoms with van der Waals surface area (Å²) in [7, 11) is 0. The van der Waals surface area contributed by atoms with Gasteiger partial charge in [0.05, 0.1) is 30.0 Å². The molecule has 3 rings (SSSR count). The fourth-order valence-electron chi connectivity index (χ4n) is 3.87. The first kappa shape index (κ1) is 19.6. The van der Waals surface area contributed by atoms with Crippen molar-refractivity contribution >= 4 is 5.69 Å². The minimum atomic E-state index is -2.00. The van der Waals surface area contributed by atoms with Gasteiger partial charge in [0.25, 0.3) is 0 Å². The average molecular weight is 380 g/mol. The standard InChI is InChI=1S/C22H14N5O2/c23-12-21(13-24)19(16-4-2-1-3-5-16)10-11-20(22(21,14-25)15-26)17-6-8-18(9-7-17)27(28)29/h1-11,19-20,28H/q-1. The van der Waals surface area contributed by atoms with Gasteiger partial charge in [-0.3, -0.25) is 5.21 Å². The number of allylic oxidation sites excluding steroid dienone is 2. The minimum absolute atomic E-state index is 0.0259. The lowest BCUT2D eigenvalue weighted by Crippen LogP contribution is -2.48. The molecule has 0 heterocycles. The van der Waals surface area contributed by atoms with Gasteiger partial charge >= 0.3 is 0 Å². The Hall–Kier alpha value is -4.14. The van der Waals surface area contributed by atoms with E-state index in [9.17, 15) is 26.3 Å². The first-order valence-electron chi connectivity index (χ1n) is 8.64. The molecule has 7 nitrogen and oxygen atoms in total. The smallest absolute Gasteiger partial charge is 0.186 e. The van der Waals surface area contributed by atoms with Crippen molar-refractivity contribution in [2.45, 2.75) is 11.8 Å². The van der Waals surface area contributed by atoms with E-state index >= 15 is 0 Å². The topological polar surface area (TPSA) is 142 Å². The lowest BCUT2D eigenvalue weighted by atomic mass is 9.50. The van der Waals surface area contributed by atoms with E-state index in [0.717, 1.165) is 0 Å². The van der Waals surface area contributed by atoms with Crippen molar-refractivity contribution in [1.82, 2.24) is 0 Å². The molecule has 1 aliphatic carbocycles. The normalized spacial score (nSPS) is 21.0. The highest BCUT2D eigenvalue weighted by Gasteiger charge is 2.64. The summed E-state index contributed by atoms with van der Waals surface area (Å²) in [6.07, 6.45) is 3.33. The van der Waals surface area contributed by atoms with Gasteiger partial charge in [0.1, 0.15) is 0 Å². The summed E-state index contributed by atoms with van der Waals surface area (Å²) in [6.45, 7) is 0. The van der Waals surface area contributed by atoms with Crippen LogP contribution in [0, 0.1) is 61.4 Å². The highest BCUT2D eigenvalue weighted by atomic mass is 16.8. The van der Waals surface area contributed by atoms with Crippen molar-refractivity contribution in [3.05, 3.63) is 83.1 Å². The van der Waals surface area contributed by atoms with Crippen LogP contribution in [0.4, 0.5) is 5.69 Å². The third kappa shape index (κ3) is 2.80. The second-order valence-electron chi connectivity index (χ2n) is 6.68. The van der Waals surface area contributed by atoms with E-state index in [1.807, 2.05) is 24.3 Å². The lowest BCUT2D eigenvalue weighted by Gasteiger charge is -2.43. The van der Waals surface area contributed by atoms with E-state index in [1.165, 1.54) is 24.3 Å². The Labute approximate surface area is 167 Å². The molecule has 2 atom stereocenters. The van der Waals surface area contributed by atoms with Crippen LogP contribution in [0.2, 0.25) is 0 Å². The Morgan fingerprint density at radius 3 is 1.52 bits per heavy atom. The fourth-order valence-corrected chi connectivity index (χ4v) is 3.87. The quantitative estimate of drug-likeness (QED) is 0.628. The maximum atomic E-state index is 11.0. The van der Waals surface area contributed by atoms with Crippen LogP contribution in [-0.2, 0) is 0 Å². The molecule has 0 aromatic heterocycles. The van der Waals surface area contributed by atoms with Gasteiger partial charge in [0.2, 0.25) is 0 Å². The number of benzene rings is 2. The molecule has 0 radical (unpaired) electrons. The zero-order chi connectivity index (χ0) is 21.1. The first-order valence-corrected chi connectivity index (χ1v) is 8.64. The minimum Gasteiger partial charge on any atom is -0.733 e. The summed E-state index contributed by atoms with van der Waals surface area (Å²) in [5.74, 6) is -1.66. The summed E-state index contributed by atoms with van der Waals surface area (Å²) in [5, 5.41) is 60.0. The van der Waals surface area contributed by atoms with Crippen molar-refractivity contribution in [2.24, 2.45) is 10.8 Å². The second kappa shape index (κ2) is 7.47. The van der Waals surface area contributed by atoms with E-state index < -0.39 is 22.7 Å². The highest BCUT2D eigenvalue weighted by Crippen LogP contribution is 2.59. The van der Waals surface area contributed by atoms with Gasteiger partial charge in [-0.2, -0.15) is 21.0 Å². The third-order valence-electron chi connectivity index (χ3n) is 5.39. The number of nitriles is 4.